The van der Waals surface area contributed by atoms with Crippen LogP contribution in [0.3, 0.4) is 0 Å². The average Bonchev–Trinajstić information content (AvgIpc) is 3.24. The molecule has 0 spiro atoms. The van der Waals surface area contributed by atoms with Crippen molar-refractivity contribution in [2.45, 2.75) is 39.3 Å². The third kappa shape index (κ3) is 8.24. The maximum absolute atomic E-state index is 13.8. The Morgan fingerprint density at radius 1 is 1.02 bits per heavy atom. The van der Waals surface area contributed by atoms with Crippen LogP contribution in [0.15, 0.2) is 83.8 Å². The highest BCUT2D eigenvalue weighted by Gasteiger charge is 2.34. The molecule has 8 nitrogen and oxygen atoms in total. The molecule has 3 aromatic rings. The summed E-state index contributed by atoms with van der Waals surface area (Å²) in [6, 6.07) is 24.5. The summed E-state index contributed by atoms with van der Waals surface area (Å²) in [6.45, 7) is 6.24. The third-order valence-corrected chi connectivity index (χ3v) is 8.12. The van der Waals surface area contributed by atoms with Gasteiger partial charge in [0.1, 0.15) is 10.9 Å². The lowest BCUT2D eigenvalue weighted by Gasteiger charge is -2.30. The summed E-state index contributed by atoms with van der Waals surface area (Å²) in [4.78, 5) is 41.0. The number of rotatable bonds is 13. The van der Waals surface area contributed by atoms with Crippen LogP contribution in [0.2, 0.25) is 0 Å². The molecule has 2 amide bonds. The quantitative estimate of drug-likeness (QED) is 0.185. The number of aliphatic carboxylic acids is 1. The highest BCUT2D eigenvalue weighted by Crippen LogP contribution is 2.37. The van der Waals surface area contributed by atoms with Crippen molar-refractivity contribution < 1.29 is 29.0 Å². The highest BCUT2D eigenvalue weighted by atomic mass is 32.2. The molecule has 0 radical (unpaired) electrons. The van der Waals surface area contributed by atoms with Gasteiger partial charge in [-0.15, -0.1) is 0 Å². The molecule has 43 heavy (non-hydrogen) atoms. The highest BCUT2D eigenvalue weighted by molar-refractivity contribution is 8.26. The van der Waals surface area contributed by atoms with Crippen LogP contribution >= 0.6 is 24.0 Å². The minimum atomic E-state index is -1.15. The molecule has 1 heterocycles. The predicted octanol–water partition coefficient (Wildman–Crippen LogP) is 5.97. The zero-order valence-electron chi connectivity index (χ0n) is 24.3. The first-order valence-electron chi connectivity index (χ1n) is 14.0. The van der Waals surface area contributed by atoms with Crippen molar-refractivity contribution in [3.05, 3.63) is 100 Å². The Kier molecular flexibility index (Phi) is 11.0. The number of carboxylic acids is 1. The van der Waals surface area contributed by atoms with Gasteiger partial charge in [0.2, 0.25) is 6.10 Å². The second-order valence-electron chi connectivity index (χ2n) is 10.1. The monoisotopic (exact) mass is 618 g/mol. The first-order chi connectivity index (χ1) is 20.7. The molecule has 224 valence electrons. The van der Waals surface area contributed by atoms with E-state index in [0.29, 0.717) is 47.1 Å². The van der Waals surface area contributed by atoms with Crippen molar-refractivity contribution in [2.24, 2.45) is 0 Å². The van der Waals surface area contributed by atoms with E-state index < -0.39 is 24.5 Å². The fraction of sp³-hybridized carbons (Fsp3) is 0.273. The second kappa shape index (κ2) is 14.8. The van der Waals surface area contributed by atoms with E-state index in [1.807, 2.05) is 81.4 Å². The molecule has 0 bridgehead atoms. The van der Waals surface area contributed by atoms with E-state index in [9.17, 15) is 14.4 Å². The number of carboxylic acid groups (broad SMARTS) is 1. The summed E-state index contributed by atoms with van der Waals surface area (Å²) in [5.41, 5.74) is 2.43. The van der Waals surface area contributed by atoms with Crippen LogP contribution < -0.4 is 9.47 Å². The third-order valence-electron chi connectivity index (χ3n) is 6.74. The summed E-state index contributed by atoms with van der Waals surface area (Å²) >= 11 is 6.28. The van der Waals surface area contributed by atoms with Crippen molar-refractivity contribution in [3.63, 3.8) is 0 Å². The van der Waals surface area contributed by atoms with E-state index in [4.69, 9.17) is 26.8 Å². The molecule has 10 heteroatoms. The van der Waals surface area contributed by atoms with Crippen molar-refractivity contribution in [1.29, 1.82) is 0 Å². The lowest BCUT2D eigenvalue weighted by atomic mass is 10.1. The van der Waals surface area contributed by atoms with Gasteiger partial charge in [0, 0.05) is 24.6 Å². The smallest absolute Gasteiger partial charge is 0.323 e. The van der Waals surface area contributed by atoms with Gasteiger partial charge in [0.25, 0.3) is 11.8 Å². The van der Waals surface area contributed by atoms with Crippen molar-refractivity contribution in [2.75, 3.05) is 19.7 Å². The van der Waals surface area contributed by atoms with Gasteiger partial charge in [0.05, 0.1) is 11.5 Å². The van der Waals surface area contributed by atoms with Crippen molar-refractivity contribution >= 4 is 52.2 Å². The maximum atomic E-state index is 13.8. The fourth-order valence-corrected chi connectivity index (χ4v) is 5.87. The summed E-state index contributed by atoms with van der Waals surface area (Å²) in [6.07, 6.45) is 1.36. The Hall–Kier alpha value is -4.15. The second-order valence-corrected chi connectivity index (χ2v) is 11.8. The molecular formula is C33H34N2O6S2. The Morgan fingerprint density at radius 3 is 2.33 bits per heavy atom. The van der Waals surface area contributed by atoms with Gasteiger partial charge in [-0.05, 0) is 50.1 Å². The zero-order chi connectivity index (χ0) is 30.9. The number of nitrogens with zero attached hydrogens (tertiary/aromatic N) is 2. The summed E-state index contributed by atoms with van der Waals surface area (Å²) in [5, 5.41) is 9.17. The number of carbonyl (C=O) groups excluding carboxylic acids is 2. The molecule has 1 saturated heterocycles. The SMILES string of the molecule is CCN(C(=O)C(Oc1cc(C=C2SC(=S)N(CC(=O)O)C2=O)ccc1OCCc1ccccc1)c1ccccc1)C(C)C. The number of likely N-dealkylation sites (N-methyl/N-ethyl adjacent to an activating group) is 1. The maximum Gasteiger partial charge on any atom is 0.323 e. The normalized spacial score (nSPS) is 14.7. The fourth-order valence-electron chi connectivity index (χ4n) is 4.61. The van der Waals surface area contributed by atoms with Crippen LogP contribution in [-0.2, 0) is 20.8 Å². The Morgan fingerprint density at radius 2 is 1.70 bits per heavy atom. The number of ether oxygens (including phenoxy) is 2. The molecule has 1 aliphatic heterocycles. The van der Waals surface area contributed by atoms with E-state index >= 15 is 0 Å². The molecule has 1 unspecified atom stereocenters. The summed E-state index contributed by atoms with van der Waals surface area (Å²) in [5.74, 6) is -1.02. The number of thioether (sulfide) groups is 1. The molecule has 0 saturated carbocycles. The molecule has 0 aliphatic carbocycles. The van der Waals surface area contributed by atoms with E-state index in [1.165, 1.54) is 0 Å². The van der Waals surface area contributed by atoms with E-state index in [0.717, 1.165) is 22.2 Å². The standard InChI is InChI=1S/C33H34N2O6S2/c1-4-34(22(2)3)32(39)30(25-13-9-6-10-14-25)41-27-19-24(20-28-31(38)35(21-29(36)37)33(42)43-28)15-16-26(27)40-18-17-23-11-7-5-8-12-23/h5-16,19-20,22,30H,4,17-18,21H2,1-3H3,(H,36,37). The molecule has 0 aromatic heterocycles. The van der Waals surface area contributed by atoms with Gasteiger partial charge in [-0.1, -0.05) is 90.7 Å². The number of hydrogen-bond donors (Lipinski definition) is 1. The molecule has 4 rings (SSSR count). The van der Waals surface area contributed by atoms with Crippen molar-refractivity contribution in [3.8, 4) is 11.5 Å². The first-order valence-corrected chi connectivity index (χ1v) is 15.2. The van der Waals surface area contributed by atoms with E-state index in [2.05, 4.69) is 0 Å². The molecule has 1 atom stereocenters. The molecule has 1 aliphatic rings. The first kappa shape index (κ1) is 31.8. The van der Waals surface area contributed by atoms with Gasteiger partial charge >= 0.3 is 5.97 Å². The summed E-state index contributed by atoms with van der Waals surface area (Å²) in [7, 11) is 0. The van der Waals surface area contributed by atoms with E-state index in [-0.39, 0.29) is 16.3 Å². The molecule has 3 aromatic carbocycles. The number of benzene rings is 3. The summed E-state index contributed by atoms with van der Waals surface area (Å²) < 4.78 is 12.9. The van der Waals surface area contributed by atoms with Gasteiger partial charge in [0.15, 0.2) is 11.5 Å². The minimum Gasteiger partial charge on any atom is -0.489 e. The van der Waals surface area contributed by atoms with Crippen LogP contribution in [0, 0.1) is 0 Å². The lowest BCUT2D eigenvalue weighted by molar-refractivity contribution is -0.141. The topological polar surface area (TPSA) is 96.4 Å². The number of hydrogen-bond acceptors (Lipinski definition) is 7. The Balaban J connectivity index is 1.69. The molecule has 1 N–H and O–H groups in total. The van der Waals surface area contributed by atoms with Crippen molar-refractivity contribution in [1.82, 2.24) is 9.80 Å². The Bertz CT molecular complexity index is 1490. The van der Waals surface area contributed by atoms with Gasteiger partial charge in [-0.25, -0.2) is 0 Å². The Labute approximate surface area is 261 Å². The van der Waals surface area contributed by atoms with Crippen LogP contribution in [0.25, 0.3) is 6.08 Å². The van der Waals surface area contributed by atoms with Gasteiger partial charge < -0.3 is 19.5 Å². The molecular weight excluding hydrogens is 585 g/mol. The number of thiocarbonyl (C=S) groups is 1. The zero-order valence-corrected chi connectivity index (χ0v) is 25.9. The number of carbonyl (C=O) groups is 3. The van der Waals surface area contributed by atoms with Crippen LogP contribution in [-0.4, -0.2) is 62.7 Å². The van der Waals surface area contributed by atoms with E-state index in [1.54, 1.807) is 29.2 Å². The van der Waals surface area contributed by atoms with Crippen LogP contribution in [0.4, 0.5) is 0 Å². The van der Waals surface area contributed by atoms with Gasteiger partial charge in [-0.3, -0.25) is 19.3 Å². The largest absolute Gasteiger partial charge is 0.489 e. The van der Waals surface area contributed by atoms with Crippen LogP contribution in [0.1, 0.15) is 43.6 Å². The predicted molar refractivity (Wildman–Crippen MR) is 172 cm³/mol. The average molecular weight is 619 g/mol. The van der Waals surface area contributed by atoms with Crippen LogP contribution in [0.5, 0.6) is 11.5 Å². The number of amides is 2. The lowest BCUT2D eigenvalue weighted by Crippen LogP contribution is -2.41. The van der Waals surface area contributed by atoms with Gasteiger partial charge in [-0.2, -0.15) is 0 Å². The minimum absolute atomic E-state index is 0.0343. The molecule has 1 fully saturated rings.